The van der Waals surface area contributed by atoms with Crippen molar-refractivity contribution in [3.63, 3.8) is 0 Å². The molecule has 1 amide bonds. The number of ether oxygens (including phenoxy) is 1. The molecule has 2 aromatic carbocycles. The van der Waals surface area contributed by atoms with Gasteiger partial charge in [-0.3, -0.25) is 4.79 Å². The summed E-state index contributed by atoms with van der Waals surface area (Å²) < 4.78 is 53.3. The van der Waals surface area contributed by atoms with Crippen LogP contribution in [0.1, 0.15) is 16.8 Å². The molecule has 1 saturated heterocycles. The summed E-state index contributed by atoms with van der Waals surface area (Å²) in [6.07, 6.45) is 0.102. The van der Waals surface area contributed by atoms with Crippen LogP contribution in [0, 0.1) is 0 Å². The number of hydrogen-bond donors (Lipinski definition) is 1. The van der Waals surface area contributed by atoms with Gasteiger partial charge in [-0.15, -0.1) is 0 Å². The molecule has 1 heterocycles. The Bertz CT molecular complexity index is 1040. The standard InChI is InChI=1S/C18H19NO6S2/c1-25-15-6-4-14(5-7-15)19-18(20)13-2-8-16(9-3-13)27(23,24)17-10-11-26(21,22)12-17/h2-9,17H,10-12H2,1H3,(H,19,20)/t17-/m1/s1. The lowest BCUT2D eigenvalue weighted by Crippen LogP contribution is -2.22. The molecule has 0 aromatic heterocycles. The number of amides is 1. The van der Waals surface area contributed by atoms with E-state index in [1.165, 1.54) is 24.3 Å². The summed E-state index contributed by atoms with van der Waals surface area (Å²) in [7, 11) is -5.50. The Morgan fingerprint density at radius 2 is 1.70 bits per heavy atom. The van der Waals surface area contributed by atoms with Crippen molar-refractivity contribution in [3.05, 3.63) is 54.1 Å². The van der Waals surface area contributed by atoms with Crippen LogP contribution in [-0.4, -0.2) is 46.6 Å². The van der Waals surface area contributed by atoms with Gasteiger partial charge in [0.2, 0.25) is 0 Å². The van der Waals surface area contributed by atoms with Gasteiger partial charge in [0.05, 0.1) is 28.8 Å². The Morgan fingerprint density at radius 3 is 2.22 bits per heavy atom. The number of benzene rings is 2. The third-order valence-corrected chi connectivity index (χ3v) is 8.61. The summed E-state index contributed by atoms with van der Waals surface area (Å²) in [6.45, 7) is 0. The van der Waals surface area contributed by atoms with Gasteiger partial charge in [-0.1, -0.05) is 0 Å². The minimum Gasteiger partial charge on any atom is -0.497 e. The SMILES string of the molecule is COc1ccc(NC(=O)c2ccc(S(=O)(=O)[C@@H]3CCS(=O)(=O)C3)cc2)cc1. The fraction of sp³-hybridized carbons (Fsp3) is 0.278. The molecule has 2 aromatic rings. The molecule has 0 bridgehead atoms. The number of rotatable bonds is 5. The molecule has 9 heteroatoms. The Labute approximate surface area is 158 Å². The van der Waals surface area contributed by atoms with Crippen LogP contribution < -0.4 is 10.1 Å². The van der Waals surface area contributed by atoms with E-state index in [0.717, 1.165) is 0 Å². The van der Waals surface area contributed by atoms with Gasteiger partial charge in [0, 0.05) is 11.3 Å². The maximum atomic E-state index is 12.6. The summed E-state index contributed by atoms with van der Waals surface area (Å²) >= 11 is 0. The van der Waals surface area contributed by atoms with Crippen LogP contribution >= 0.6 is 0 Å². The second-order valence-electron chi connectivity index (χ2n) is 6.28. The van der Waals surface area contributed by atoms with E-state index in [9.17, 15) is 21.6 Å². The van der Waals surface area contributed by atoms with Crippen LogP contribution in [0.3, 0.4) is 0 Å². The van der Waals surface area contributed by atoms with Gasteiger partial charge in [-0.2, -0.15) is 0 Å². The number of carbonyl (C=O) groups excluding carboxylic acids is 1. The van der Waals surface area contributed by atoms with Gasteiger partial charge in [-0.05, 0) is 55.0 Å². The van der Waals surface area contributed by atoms with Crippen LogP contribution in [0.4, 0.5) is 5.69 Å². The monoisotopic (exact) mass is 409 g/mol. The molecule has 0 radical (unpaired) electrons. The zero-order chi connectivity index (χ0) is 19.7. The molecular weight excluding hydrogens is 390 g/mol. The molecule has 144 valence electrons. The second kappa shape index (κ2) is 7.32. The third-order valence-electron chi connectivity index (χ3n) is 4.42. The quantitative estimate of drug-likeness (QED) is 0.808. The number of methoxy groups -OCH3 is 1. The van der Waals surface area contributed by atoms with Gasteiger partial charge in [0.15, 0.2) is 19.7 Å². The molecule has 0 saturated carbocycles. The lowest BCUT2D eigenvalue weighted by molar-refractivity contribution is 0.102. The predicted molar refractivity (Wildman–Crippen MR) is 102 cm³/mol. The van der Waals surface area contributed by atoms with E-state index < -0.39 is 24.9 Å². The summed E-state index contributed by atoms with van der Waals surface area (Å²) in [5.41, 5.74) is 0.873. The van der Waals surface area contributed by atoms with Crippen LogP contribution in [-0.2, 0) is 19.7 Å². The van der Waals surface area contributed by atoms with E-state index in [2.05, 4.69) is 5.32 Å². The normalized spacial score (nSPS) is 18.8. The predicted octanol–water partition coefficient (Wildman–Crippen LogP) is 1.91. The Morgan fingerprint density at radius 1 is 1.07 bits per heavy atom. The first-order valence-corrected chi connectivity index (χ1v) is 11.6. The smallest absolute Gasteiger partial charge is 0.255 e. The van der Waals surface area contributed by atoms with Crippen molar-refractivity contribution in [2.45, 2.75) is 16.6 Å². The first-order valence-electron chi connectivity index (χ1n) is 8.21. The molecule has 27 heavy (non-hydrogen) atoms. The van der Waals surface area contributed by atoms with Crippen molar-refractivity contribution < 1.29 is 26.4 Å². The zero-order valence-electron chi connectivity index (χ0n) is 14.6. The summed E-state index contributed by atoms with van der Waals surface area (Å²) in [5, 5.41) is 1.78. The second-order valence-corrected chi connectivity index (χ2v) is 10.7. The fourth-order valence-electron chi connectivity index (χ4n) is 2.87. The molecule has 7 nitrogen and oxygen atoms in total. The van der Waals surface area contributed by atoms with E-state index >= 15 is 0 Å². The molecule has 1 aliphatic rings. The van der Waals surface area contributed by atoms with Gasteiger partial charge >= 0.3 is 0 Å². The van der Waals surface area contributed by atoms with Crippen LogP contribution in [0.15, 0.2) is 53.4 Å². The Balaban J connectivity index is 1.73. The van der Waals surface area contributed by atoms with Gasteiger partial charge < -0.3 is 10.1 Å². The van der Waals surface area contributed by atoms with E-state index in [1.54, 1.807) is 31.4 Å². The van der Waals surface area contributed by atoms with Crippen molar-refractivity contribution in [1.29, 1.82) is 0 Å². The molecule has 0 spiro atoms. The van der Waals surface area contributed by atoms with Gasteiger partial charge in [0.1, 0.15) is 5.75 Å². The van der Waals surface area contributed by atoms with E-state index in [-0.39, 0.29) is 28.7 Å². The number of hydrogen-bond acceptors (Lipinski definition) is 6. The number of nitrogens with one attached hydrogen (secondary N) is 1. The maximum Gasteiger partial charge on any atom is 0.255 e. The fourth-order valence-corrected chi connectivity index (χ4v) is 7.23. The summed E-state index contributed by atoms with van der Waals surface area (Å²) in [4.78, 5) is 12.3. The maximum absolute atomic E-state index is 12.6. The molecule has 1 N–H and O–H groups in total. The van der Waals surface area contributed by atoms with E-state index in [1.807, 2.05) is 0 Å². The minimum atomic E-state index is -3.74. The third kappa shape index (κ3) is 4.30. The lowest BCUT2D eigenvalue weighted by Gasteiger charge is -2.11. The van der Waals surface area contributed by atoms with Crippen molar-refractivity contribution in [1.82, 2.24) is 0 Å². The van der Waals surface area contributed by atoms with Crippen molar-refractivity contribution in [2.24, 2.45) is 0 Å². The Kier molecular flexibility index (Phi) is 5.25. The largest absolute Gasteiger partial charge is 0.497 e. The first kappa shape index (κ1) is 19.4. The highest BCUT2D eigenvalue weighted by Gasteiger charge is 2.37. The highest BCUT2D eigenvalue weighted by molar-refractivity contribution is 7.96. The molecule has 3 rings (SSSR count). The van der Waals surface area contributed by atoms with Crippen molar-refractivity contribution in [3.8, 4) is 5.75 Å². The summed E-state index contributed by atoms with van der Waals surface area (Å²) in [5.74, 6) is -0.182. The van der Waals surface area contributed by atoms with E-state index in [0.29, 0.717) is 17.0 Å². The van der Waals surface area contributed by atoms with Crippen molar-refractivity contribution in [2.75, 3.05) is 23.9 Å². The van der Waals surface area contributed by atoms with Crippen LogP contribution in [0.5, 0.6) is 5.75 Å². The van der Waals surface area contributed by atoms with Gasteiger partial charge in [0.25, 0.3) is 5.91 Å². The molecule has 1 atom stereocenters. The first-order chi connectivity index (χ1) is 12.7. The molecule has 0 unspecified atom stereocenters. The molecule has 0 aliphatic carbocycles. The minimum absolute atomic E-state index is 0.0191. The van der Waals surface area contributed by atoms with Crippen LogP contribution in [0.2, 0.25) is 0 Å². The number of carbonyl (C=O) groups is 1. The van der Waals surface area contributed by atoms with Crippen LogP contribution in [0.25, 0.3) is 0 Å². The lowest BCUT2D eigenvalue weighted by atomic mass is 10.2. The summed E-state index contributed by atoms with van der Waals surface area (Å²) in [6, 6.07) is 12.3. The molecule has 1 aliphatic heterocycles. The molecular formula is C18H19NO6S2. The highest BCUT2D eigenvalue weighted by atomic mass is 32.2. The average Bonchev–Trinajstić information content (AvgIpc) is 3.03. The molecule has 1 fully saturated rings. The van der Waals surface area contributed by atoms with Crippen molar-refractivity contribution >= 4 is 31.3 Å². The van der Waals surface area contributed by atoms with Gasteiger partial charge in [-0.25, -0.2) is 16.8 Å². The number of anilines is 1. The Hall–Kier alpha value is -2.39. The average molecular weight is 409 g/mol. The highest BCUT2D eigenvalue weighted by Crippen LogP contribution is 2.25. The topological polar surface area (TPSA) is 107 Å². The zero-order valence-corrected chi connectivity index (χ0v) is 16.2. The number of sulfone groups is 2. The van der Waals surface area contributed by atoms with E-state index in [4.69, 9.17) is 4.74 Å².